The number of nitrogens with zero attached hydrogens (tertiary/aromatic N) is 4. The molecule has 2 N–H and O–H groups in total. The highest BCUT2D eigenvalue weighted by Crippen LogP contribution is 2.24. The molecule has 1 saturated carbocycles. The lowest BCUT2D eigenvalue weighted by Gasteiger charge is -2.26. The molecule has 1 fully saturated rings. The summed E-state index contributed by atoms with van der Waals surface area (Å²) in [6.07, 6.45) is 5.56. The maximum atomic E-state index is 6.03. The molecule has 0 saturated heterocycles. The van der Waals surface area contributed by atoms with Crippen LogP contribution in [0.2, 0.25) is 0 Å². The number of hydrogen-bond acceptors (Lipinski definition) is 6. The van der Waals surface area contributed by atoms with Gasteiger partial charge in [0.25, 0.3) is 5.89 Å². The molecule has 1 aliphatic carbocycles. The van der Waals surface area contributed by atoms with Gasteiger partial charge in [0.05, 0.1) is 30.5 Å². The van der Waals surface area contributed by atoms with Gasteiger partial charge in [0, 0.05) is 12.7 Å². The second-order valence-corrected chi connectivity index (χ2v) is 5.22. The Labute approximate surface area is 117 Å². The van der Waals surface area contributed by atoms with E-state index in [0.717, 1.165) is 24.1 Å². The van der Waals surface area contributed by atoms with Crippen molar-refractivity contribution in [3.8, 4) is 11.5 Å². The minimum atomic E-state index is -0.356. The maximum Gasteiger partial charge on any atom is 0.261 e. The fraction of sp³-hybridized carbons (Fsp3) is 0.615. The number of aryl methyl sites for hydroxylation is 1. The SMILES string of the molecule is Cc1c(-c2nc(C(N)COC3CCC3)no2)cnn1C. The van der Waals surface area contributed by atoms with E-state index in [1.54, 1.807) is 10.9 Å². The second-order valence-electron chi connectivity index (χ2n) is 5.22. The van der Waals surface area contributed by atoms with Crippen molar-refractivity contribution in [3.63, 3.8) is 0 Å². The zero-order valence-corrected chi connectivity index (χ0v) is 11.7. The number of nitrogens with two attached hydrogens (primary N) is 1. The minimum Gasteiger partial charge on any atom is -0.376 e. The summed E-state index contributed by atoms with van der Waals surface area (Å²) >= 11 is 0. The lowest BCUT2D eigenvalue weighted by Crippen LogP contribution is -2.27. The Morgan fingerprint density at radius 3 is 2.95 bits per heavy atom. The van der Waals surface area contributed by atoms with Crippen LogP contribution in [0.4, 0.5) is 0 Å². The number of hydrogen-bond donors (Lipinski definition) is 1. The normalized spacial score (nSPS) is 17.1. The van der Waals surface area contributed by atoms with Crippen LogP contribution in [0.1, 0.15) is 36.8 Å². The van der Waals surface area contributed by atoms with Crippen molar-refractivity contribution >= 4 is 0 Å². The first kappa shape index (κ1) is 13.3. The fourth-order valence-corrected chi connectivity index (χ4v) is 2.06. The smallest absolute Gasteiger partial charge is 0.261 e. The third-order valence-electron chi connectivity index (χ3n) is 3.80. The number of rotatable bonds is 5. The van der Waals surface area contributed by atoms with Crippen molar-refractivity contribution in [3.05, 3.63) is 17.7 Å². The minimum absolute atomic E-state index is 0.355. The summed E-state index contributed by atoms with van der Waals surface area (Å²) in [4.78, 5) is 4.34. The molecule has 2 aromatic rings. The third-order valence-corrected chi connectivity index (χ3v) is 3.80. The molecule has 1 unspecified atom stereocenters. The highest BCUT2D eigenvalue weighted by atomic mass is 16.5. The molecule has 0 bridgehead atoms. The van der Waals surface area contributed by atoms with Crippen molar-refractivity contribution in [1.82, 2.24) is 19.9 Å². The van der Waals surface area contributed by atoms with E-state index in [-0.39, 0.29) is 6.04 Å². The van der Waals surface area contributed by atoms with Gasteiger partial charge < -0.3 is 15.0 Å². The van der Waals surface area contributed by atoms with E-state index < -0.39 is 0 Å². The summed E-state index contributed by atoms with van der Waals surface area (Å²) in [6, 6.07) is -0.356. The van der Waals surface area contributed by atoms with Gasteiger partial charge in [0.1, 0.15) is 0 Å². The van der Waals surface area contributed by atoms with Gasteiger partial charge in [-0.05, 0) is 26.2 Å². The number of ether oxygens (including phenoxy) is 1. The standard InChI is InChI=1S/C13H19N5O2/c1-8-10(6-15-18(8)2)13-16-12(17-20-13)11(14)7-19-9-4-3-5-9/h6,9,11H,3-5,7,14H2,1-2H3. The third kappa shape index (κ3) is 2.46. The molecule has 3 rings (SSSR count). The summed E-state index contributed by atoms with van der Waals surface area (Å²) < 4.78 is 12.7. The molecule has 0 spiro atoms. The molecule has 0 aliphatic heterocycles. The van der Waals surface area contributed by atoms with E-state index >= 15 is 0 Å². The first-order valence-electron chi connectivity index (χ1n) is 6.85. The van der Waals surface area contributed by atoms with Gasteiger partial charge in [0.15, 0.2) is 5.82 Å². The largest absolute Gasteiger partial charge is 0.376 e. The summed E-state index contributed by atoms with van der Waals surface area (Å²) in [6.45, 7) is 2.38. The molecule has 7 nitrogen and oxygen atoms in total. The summed E-state index contributed by atoms with van der Waals surface area (Å²) in [7, 11) is 1.87. The molecule has 20 heavy (non-hydrogen) atoms. The highest BCUT2D eigenvalue weighted by Gasteiger charge is 2.22. The Kier molecular flexibility index (Phi) is 3.54. The molecule has 0 amide bonds. The Morgan fingerprint density at radius 1 is 1.55 bits per heavy atom. The Hall–Kier alpha value is -1.73. The molecule has 0 aromatic carbocycles. The molecule has 1 aliphatic rings. The average Bonchev–Trinajstić information content (AvgIpc) is 2.96. The molecule has 108 valence electrons. The highest BCUT2D eigenvalue weighted by molar-refractivity contribution is 5.54. The summed E-state index contributed by atoms with van der Waals surface area (Å²) in [5.74, 6) is 0.923. The first-order chi connectivity index (χ1) is 9.65. The zero-order chi connectivity index (χ0) is 14.1. The van der Waals surface area contributed by atoms with Crippen LogP contribution in [0.5, 0.6) is 0 Å². The van der Waals surface area contributed by atoms with E-state index in [4.69, 9.17) is 15.0 Å². The quantitative estimate of drug-likeness (QED) is 0.886. The van der Waals surface area contributed by atoms with Crippen molar-refractivity contribution in [1.29, 1.82) is 0 Å². The van der Waals surface area contributed by atoms with Crippen molar-refractivity contribution in [2.24, 2.45) is 12.8 Å². The van der Waals surface area contributed by atoms with Gasteiger partial charge in [-0.15, -0.1) is 0 Å². The van der Waals surface area contributed by atoms with Gasteiger partial charge in [-0.3, -0.25) is 4.68 Å². The molecule has 1 atom stereocenters. The van der Waals surface area contributed by atoms with Gasteiger partial charge in [0.2, 0.25) is 0 Å². The van der Waals surface area contributed by atoms with Crippen LogP contribution in [0.3, 0.4) is 0 Å². The molecule has 2 aromatic heterocycles. The van der Waals surface area contributed by atoms with Crippen LogP contribution in [0.25, 0.3) is 11.5 Å². The maximum absolute atomic E-state index is 6.03. The Bertz CT molecular complexity index is 587. The topological polar surface area (TPSA) is 92.0 Å². The van der Waals surface area contributed by atoms with E-state index in [2.05, 4.69) is 15.2 Å². The first-order valence-corrected chi connectivity index (χ1v) is 6.85. The van der Waals surface area contributed by atoms with Crippen LogP contribution >= 0.6 is 0 Å². The van der Waals surface area contributed by atoms with Gasteiger partial charge >= 0.3 is 0 Å². The van der Waals surface area contributed by atoms with Gasteiger partial charge in [-0.1, -0.05) is 5.16 Å². The lowest BCUT2D eigenvalue weighted by molar-refractivity contribution is -0.00549. The summed E-state index contributed by atoms with van der Waals surface area (Å²) in [5, 5.41) is 8.09. The van der Waals surface area contributed by atoms with Crippen LogP contribution in [-0.4, -0.2) is 32.6 Å². The van der Waals surface area contributed by atoms with Gasteiger partial charge in [-0.25, -0.2) is 0 Å². The second kappa shape index (κ2) is 5.34. The van der Waals surface area contributed by atoms with Gasteiger partial charge in [-0.2, -0.15) is 10.1 Å². The summed E-state index contributed by atoms with van der Waals surface area (Å²) in [5.41, 5.74) is 7.83. The van der Waals surface area contributed by atoms with E-state index in [0.29, 0.717) is 24.4 Å². The Morgan fingerprint density at radius 2 is 2.35 bits per heavy atom. The average molecular weight is 277 g/mol. The van der Waals surface area contributed by atoms with E-state index in [9.17, 15) is 0 Å². The van der Waals surface area contributed by atoms with Crippen molar-refractivity contribution < 1.29 is 9.26 Å². The number of aromatic nitrogens is 4. The van der Waals surface area contributed by atoms with E-state index in [1.807, 2.05) is 14.0 Å². The molecular formula is C13H19N5O2. The monoisotopic (exact) mass is 277 g/mol. The van der Waals surface area contributed by atoms with Crippen LogP contribution < -0.4 is 5.73 Å². The Balaban J connectivity index is 1.67. The van der Waals surface area contributed by atoms with Crippen LogP contribution in [0.15, 0.2) is 10.7 Å². The fourth-order valence-electron chi connectivity index (χ4n) is 2.06. The predicted molar refractivity (Wildman–Crippen MR) is 71.8 cm³/mol. The molecular weight excluding hydrogens is 258 g/mol. The molecule has 0 radical (unpaired) electrons. The zero-order valence-electron chi connectivity index (χ0n) is 11.7. The lowest BCUT2D eigenvalue weighted by atomic mass is 9.96. The predicted octanol–water partition coefficient (Wildman–Crippen LogP) is 1.35. The molecule has 7 heteroatoms. The van der Waals surface area contributed by atoms with E-state index in [1.165, 1.54) is 6.42 Å². The van der Waals surface area contributed by atoms with Crippen LogP contribution in [-0.2, 0) is 11.8 Å². The van der Waals surface area contributed by atoms with Crippen molar-refractivity contribution in [2.75, 3.05) is 6.61 Å². The van der Waals surface area contributed by atoms with Crippen LogP contribution in [0, 0.1) is 6.92 Å². The molecule has 2 heterocycles. The van der Waals surface area contributed by atoms with Crippen molar-refractivity contribution in [2.45, 2.75) is 38.3 Å².